The summed E-state index contributed by atoms with van der Waals surface area (Å²) in [6, 6.07) is 6.47. The van der Waals surface area contributed by atoms with Gasteiger partial charge in [-0.3, -0.25) is 9.59 Å². The number of aryl methyl sites for hydroxylation is 1. The van der Waals surface area contributed by atoms with Crippen molar-refractivity contribution in [2.45, 2.75) is 19.4 Å². The van der Waals surface area contributed by atoms with Crippen molar-refractivity contribution in [1.29, 1.82) is 0 Å². The van der Waals surface area contributed by atoms with Crippen molar-refractivity contribution in [2.24, 2.45) is 5.73 Å². The number of carbonyl (C=O) groups excluding carboxylic acids is 1. The molecule has 1 atom stereocenters. The van der Waals surface area contributed by atoms with Crippen LogP contribution in [0.4, 0.5) is 5.69 Å². The molecule has 0 saturated heterocycles. The van der Waals surface area contributed by atoms with Gasteiger partial charge in [0.2, 0.25) is 5.91 Å². The number of para-hydroxylation sites is 1. The highest BCUT2D eigenvalue weighted by atomic mass is 16.5. The topological polar surface area (TPSA) is 92.9 Å². The number of aliphatic carboxylic acids is 1. The average molecular weight is 280 g/mol. The molecule has 0 spiro atoms. The lowest BCUT2D eigenvalue weighted by Gasteiger charge is -2.26. The Morgan fingerprint density at radius 3 is 2.60 bits per heavy atom. The average Bonchev–Trinajstić information content (AvgIpc) is 2.40. The number of carbonyl (C=O) groups is 2. The lowest BCUT2D eigenvalue weighted by atomic mass is 10.1. The standard InChI is InChI=1S/C14H20N2O4/c1-10-5-3-4-6-12(10)16(8-7-13(17)18)14(19)11(15)9-20-2/h3-6,11H,7-9,15H2,1-2H3,(H,17,18). The van der Waals surface area contributed by atoms with Crippen LogP contribution in [0.15, 0.2) is 24.3 Å². The van der Waals surface area contributed by atoms with E-state index in [0.717, 1.165) is 5.56 Å². The zero-order chi connectivity index (χ0) is 15.1. The number of hydrogen-bond donors (Lipinski definition) is 2. The normalized spacial score (nSPS) is 11.9. The van der Waals surface area contributed by atoms with Gasteiger partial charge in [-0.05, 0) is 18.6 Å². The van der Waals surface area contributed by atoms with Crippen LogP contribution in [0.25, 0.3) is 0 Å². The van der Waals surface area contributed by atoms with Crippen LogP contribution in [0.5, 0.6) is 0 Å². The van der Waals surface area contributed by atoms with Crippen molar-refractivity contribution in [3.05, 3.63) is 29.8 Å². The van der Waals surface area contributed by atoms with Crippen molar-refractivity contribution < 1.29 is 19.4 Å². The molecule has 0 aliphatic rings. The summed E-state index contributed by atoms with van der Waals surface area (Å²) >= 11 is 0. The van der Waals surface area contributed by atoms with Crippen LogP contribution in [0, 0.1) is 6.92 Å². The number of carboxylic acid groups (broad SMARTS) is 1. The van der Waals surface area contributed by atoms with Crippen LogP contribution in [0.2, 0.25) is 0 Å². The highest BCUT2D eigenvalue weighted by Crippen LogP contribution is 2.20. The van der Waals surface area contributed by atoms with Crippen LogP contribution in [-0.2, 0) is 14.3 Å². The van der Waals surface area contributed by atoms with Gasteiger partial charge in [0.15, 0.2) is 0 Å². The minimum Gasteiger partial charge on any atom is -0.481 e. The second-order valence-corrected chi connectivity index (χ2v) is 4.48. The predicted octanol–water partition coefficient (Wildman–Crippen LogP) is 0.776. The maximum atomic E-state index is 12.3. The first kappa shape index (κ1) is 16.1. The number of methoxy groups -OCH3 is 1. The summed E-state index contributed by atoms with van der Waals surface area (Å²) in [7, 11) is 1.46. The number of ether oxygens (including phenoxy) is 1. The van der Waals surface area contributed by atoms with Gasteiger partial charge in [-0.1, -0.05) is 18.2 Å². The molecule has 0 heterocycles. The van der Waals surface area contributed by atoms with Crippen LogP contribution in [0.3, 0.4) is 0 Å². The van der Waals surface area contributed by atoms with Gasteiger partial charge in [-0.2, -0.15) is 0 Å². The number of nitrogens with zero attached hydrogens (tertiary/aromatic N) is 1. The molecule has 0 saturated carbocycles. The highest BCUT2D eigenvalue weighted by Gasteiger charge is 2.23. The van der Waals surface area contributed by atoms with E-state index in [4.69, 9.17) is 15.6 Å². The fourth-order valence-electron chi connectivity index (χ4n) is 1.87. The first-order valence-electron chi connectivity index (χ1n) is 6.30. The monoisotopic (exact) mass is 280 g/mol. The molecule has 20 heavy (non-hydrogen) atoms. The lowest BCUT2D eigenvalue weighted by Crippen LogP contribution is -2.47. The van der Waals surface area contributed by atoms with Crippen molar-refractivity contribution >= 4 is 17.6 Å². The maximum Gasteiger partial charge on any atom is 0.305 e. The fourth-order valence-corrected chi connectivity index (χ4v) is 1.87. The molecule has 110 valence electrons. The van der Waals surface area contributed by atoms with Crippen molar-refractivity contribution in [3.8, 4) is 0 Å². The van der Waals surface area contributed by atoms with Crippen molar-refractivity contribution in [3.63, 3.8) is 0 Å². The lowest BCUT2D eigenvalue weighted by molar-refractivity contribution is -0.136. The van der Waals surface area contributed by atoms with Crippen molar-refractivity contribution in [2.75, 3.05) is 25.2 Å². The summed E-state index contributed by atoms with van der Waals surface area (Å²) < 4.78 is 4.88. The van der Waals surface area contributed by atoms with E-state index in [2.05, 4.69) is 0 Å². The van der Waals surface area contributed by atoms with Gasteiger partial charge in [0.1, 0.15) is 6.04 Å². The second-order valence-electron chi connectivity index (χ2n) is 4.48. The van der Waals surface area contributed by atoms with Crippen LogP contribution in [-0.4, -0.2) is 43.3 Å². The van der Waals surface area contributed by atoms with E-state index in [1.54, 1.807) is 12.1 Å². The summed E-state index contributed by atoms with van der Waals surface area (Å²) in [4.78, 5) is 24.5. The third-order valence-electron chi connectivity index (χ3n) is 2.88. The molecule has 1 aromatic rings. The fraction of sp³-hybridized carbons (Fsp3) is 0.429. The SMILES string of the molecule is COCC(N)C(=O)N(CCC(=O)O)c1ccccc1C. The number of anilines is 1. The molecular formula is C14H20N2O4. The van der Waals surface area contributed by atoms with Gasteiger partial charge in [-0.15, -0.1) is 0 Å². The molecule has 1 rings (SSSR count). The minimum atomic E-state index is -0.961. The Kier molecular flexibility index (Phi) is 6.14. The molecule has 0 aliphatic carbocycles. The Bertz CT molecular complexity index is 476. The number of carboxylic acids is 1. The molecule has 3 N–H and O–H groups in total. The molecule has 0 aliphatic heterocycles. The Morgan fingerprint density at radius 1 is 1.40 bits per heavy atom. The van der Waals surface area contributed by atoms with E-state index >= 15 is 0 Å². The zero-order valence-corrected chi connectivity index (χ0v) is 11.7. The summed E-state index contributed by atoms with van der Waals surface area (Å²) in [6.45, 7) is 2.03. The Hall–Kier alpha value is -1.92. The smallest absolute Gasteiger partial charge is 0.305 e. The molecule has 1 amide bonds. The summed E-state index contributed by atoms with van der Waals surface area (Å²) in [5, 5.41) is 8.81. The summed E-state index contributed by atoms with van der Waals surface area (Å²) in [6.07, 6.45) is -0.139. The van der Waals surface area contributed by atoms with Crippen LogP contribution in [0.1, 0.15) is 12.0 Å². The van der Waals surface area contributed by atoms with Gasteiger partial charge in [0, 0.05) is 19.3 Å². The number of nitrogens with two attached hydrogens (primary N) is 1. The van der Waals surface area contributed by atoms with Crippen molar-refractivity contribution in [1.82, 2.24) is 0 Å². The summed E-state index contributed by atoms with van der Waals surface area (Å²) in [5.74, 6) is -1.31. The van der Waals surface area contributed by atoms with E-state index < -0.39 is 12.0 Å². The van der Waals surface area contributed by atoms with Gasteiger partial charge in [0.05, 0.1) is 13.0 Å². The summed E-state index contributed by atoms with van der Waals surface area (Å²) in [5.41, 5.74) is 7.32. The molecule has 6 heteroatoms. The van der Waals surface area contributed by atoms with Gasteiger partial charge in [-0.25, -0.2) is 0 Å². The molecule has 1 unspecified atom stereocenters. The zero-order valence-electron chi connectivity index (χ0n) is 11.7. The second kappa shape index (κ2) is 7.62. The molecular weight excluding hydrogens is 260 g/mol. The first-order chi connectivity index (χ1) is 9.47. The van der Waals surface area contributed by atoms with Gasteiger partial charge < -0.3 is 20.5 Å². The number of rotatable bonds is 7. The number of hydrogen-bond acceptors (Lipinski definition) is 4. The van der Waals surface area contributed by atoms with Gasteiger partial charge in [0.25, 0.3) is 0 Å². The van der Waals surface area contributed by atoms with E-state index in [9.17, 15) is 9.59 Å². The van der Waals surface area contributed by atoms with Crippen LogP contribution >= 0.6 is 0 Å². The molecule has 0 aromatic heterocycles. The highest BCUT2D eigenvalue weighted by molar-refractivity contribution is 5.98. The maximum absolute atomic E-state index is 12.3. The van der Waals surface area contributed by atoms with E-state index in [-0.39, 0.29) is 25.5 Å². The quantitative estimate of drug-likeness (QED) is 0.769. The van der Waals surface area contributed by atoms with E-state index in [1.165, 1.54) is 12.0 Å². The van der Waals surface area contributed by atoms with E-state index in [0.29, 0.717) is 5.69 Å². The third-order valence-corrected chi connectivity index (χ3v) is 2.88. The molecule has 6 nitrogen and oxygen atoms in total. The Labute approximate surface area is 118 Å². The molecule has 0 radical (unpaired) electrons. The third kappa shape index (κ3) is 4.32. The molecule has 0 bridgehead atoms. The van der Waals surface area contributed by atoms with Gasteiger partial charge >= 0.3 is 5.97 Å². The van der Waals surface area contributed by atoms with E-state index in [1.807, 2.05) is 19.1 Å². The predicted molar refractivity (Wildman–Crippen MR) is 75.6 cm³/mol. The molecule has 0 fully saturated rings. The van der Waals surface area contributed by atoms with Crippen LogP contribution < -0.4 is 10.6 Å². The Balaban J connectivity index is 2.99. The Morgan fingerprint density at radius 2 is 2.05 bits per heavy atom. The molecule has 1 aromatic carbocycles. The largest absolute Gasteiger partial charge is 0.481 e. The minimum absolute atomic E-state index is 0.0798. The number of benzene rings is 1. The first-order valence-corrected chi connectivity index (χ1v) is 6.30. The number of amides is 1.